The first-order valence-corrected chi connectivity index (χ1v) is 7.87. The van der Waals surface area contributed by atoms with E-state index in [1.54, 1.807) is 13.3 Å². The number of para-hydroxylation sites is 2. The summed E-state index contributed by atoms with van der Waals surface area (Å²) in [6.07, 6.45) is 2.83. The number of hydrogen-bond acceptors (Lipinski definition) is 4. The van der Waals surface area contributed by atoms with Gasteiger partial charge >= 0.3 is 0 Å². The first-order valence-electron chi connectivity index (χ1n) is 7.49. The number of aromatic nitrogens is 1. The Morgan fingerprint density at radius 2 is 2.18 bits per heavy atom. The van der Waals surface area contributed by atoms with Crippen LogP contribution in [0.3, 0.4) is 0 Å². The summed E-state index contributed by atoms with van der Waals surface area (Å²) in [5.41, 5.74) is 1.18. The summed E-state index contributed by atoms with van der Waals surface area (Å²) in [6, 6.07) is 12.0. The number of nitrogens with one attached hydrogen (secondary N) is 1. The minimum atomic E-state index is 0.599. The molecule has 1 fully saturated rings. The van der Waals surface area contributed by atoms with Gasteiger partial charge in [-0.2, -0.15) is 0 Å². The summed E-state index contributed by atoms with van der Waals surface area (Å²) in [4.78, 5) is 6.66. The molecule has 0 unspecified atom stereocenters. The molecule has 5 heteroatoms. The van der Waals surface area contributed by atoms with Gasteiger partial charge < -0.3 is 15.0 Å². The smallest absolute Gasteiger partial charge is 0.142 e. The maximum atomic E-state index is 5.85. The summed E-state index contributed by atoms with van der Waals surface area (Å²) >= 11 is 5.85. The van der Waals surface area contributed by atoms with E-state index in [0.29, 0.717) is 10.9 Å². The summed E-state index contributed by atoms with van der Waals surface area (Å²) in [6.45, 7) is 3.00. The van der Waals surface area contributed by atoms with Crippen LogP contribution in [0.15, 0.2) is 42.6 Å². The zero-order chi connectivity index (χ0) is 15.4. The lowest BCUT2D eigenvalue weighted by Crippen LogP contribution is -2.23. The lowest BCUT2D eigenvalue weighted by atomic mass is 10.1. The second kappa shape index (κ2) is 6.88. The molecule has 2 aromatic rings. The molecule has 1 aliphatic rings. The first kappa shape index (κ1) is 15.0. The van der Waals surface area contributed by atoms with E-state index in [4.69, 9.17) is 16.3 Å². The van der Waals surface area contributed by atoms with Crippen LogP contribution in [-0.2, 0) is 0 Å². The van der Waals surface area contributed by atoms with Crippen LogP contribution < -0.4 is 15.0 Å². The molecule has 22 heavy (non-hydrogen) atoms. The van der Waals surface area contributed by atoms with Gasteiger partial charge in [0.25, 0.3) is 0 Å². The Balaban J connectivity index is 1.57. The molecule has 1 atom stereocenters. The van der Waals surface area contributed by atoms with Crippen LogP contribution in [0.5, 0.6) is 5.75 Å². The van der Waals surface area contributed by atoms with Crippen LogP contribution in [0, 0.1) is 5.92 Å². The molecule has 4 nitrogen and oxygen atoms in total. The topological polar surface area (TPSA) is 37.4 Å². The lowest BCUT2D eigenvalue weighted by molar-refractivity contribution is 0.414. The van der Waals surface area contributed by atoms with Crippen molar-refractivity contribution in [1.82, 2.24) is 4.98 Å². The third-order valence-corrected chi connectivity index (χ3v) is 4.23. The largest absolute Gasteiger partial charge is 0.495 e. The monoisotopic (exact) mass is 317 g/mol. The Hall–Kier alpha value is -1.94. The molecule has 116 valence electrons. The number of halogens is 1. The fourth-order valence-electron chi connectivity index (χ4n) is 2.84. The second-order valence-corrected chi connectivity index (χ2v) is 5.95. The molecule has 0 bridgehead atoms. The standard InChI is InChI=1S/C17H20ClN3O/c1-22-16-5-3-2-4-15(16)21-9-8-13(12-21)10-19-17-7-6-14(18)11-20-17/h2-7,11,13H,8-10,12H2,1H3,(H,19,20)/t13-/m1/s1. The van der Waals surface area contributed by atoms with Crippen LogP contribution in [0.25, 0.3) is 0 Å². The number of rotatable bonds is 5. The Kier molecular flexibility index (Phi) is 4.68. The van der Waals surface area contributed by atoms with E-state index in [-0.39, 0.29) is 0 Å². The maximum Gasteiger partial charge on any atom is 0.142 e. The van der Waals surface area contributed by atoms with E-state index >= 15 is 0 Å². The Bertz CT molecular complexity index is 618. The van der Waals surface area contributed by atoms with Gasteiger partial charge in [-0.25, -0.2) is 4.98 Å². The minimum Gasteiger partial charge on any atom is -0.495 e. The van der Waals surface area contributed by atoms with Gasteiger partial charge in [0.1, 0.15) is 11.6 Å². The first-order chi connectivity index (χ1) is 10.8. The van der Waals surface area contributed by atoms with Crippen molar-refractivity contribution in [1.29, 1.82) is 0 Å². The number of pyridine rings is 1. The minimum absolute atomic E-state index is 0.599. The zero-order valence-electron chi connectivity index (χ0n) is 12.6. The molecule has 1 aliphatic heterocycles. The third kappa shape index (κ3) is 3.45. The van der Waals surface area contributed by atoms with Gasteiger partial charge in [0, 0.05) is 25.8 Å². The molecular formula is C17H20ClN3O. The van der Waals surface area contributed by atoms with E-state index in [0.717, 1.165) is 31.2 Å². The second-order valence-electron chi connectivity index (χ2n) is 5.52. The number of benzene rings is 1. The fourth-order valence-corrected chi connectivity index (χ4v) is 2.95. The molecule has 0 radical (unpaired) electrons. The van der Waals surface area contributed by atoms with Crippen LogP contribution in [0.1, 0.15) is 6.42 Å². The maximum absolute atomic E-state index is 5.85. The van der Waals surface area contributed by atoms with Crippen molar-refractivity contribution in [2.75, 3.05) is 37.0 Å². The predicted molar refractivity (Wildman–Crippen MR) is 91.1 cm³/mol. The van der Waals surface area contributed by atoms with Crippen molar-refractivity contribution >= 4 is 23.1 Å². The summed E-state index contributed by atoms with van der Waals surface area (Å²) < 4.78 is 5.45. The average Bonchev–Trinajstić information content (AvgIpc) is 3.03. The molecule has 1 saturated heterocycles. The van der Waals surface area contributed by atoms with Crippen LogP contribution in [0.2, 0.25) is 5.02 Å². The molecular weight excluding hydrogens is 298 g/mol. The van der Waals surface area contributed by atoms with Gasteiger partial charge in [0.2, 0.25) is 0 Å². The van der Waals surface area contributed by atoms with E-state index in [2.05, 4.69) is 27.3 Å². The van der Waals surface area contributed by atoms with Gasteiger partial charge in [0.15, 0.2) is 0 Å². The van der Waals surface area contributed by atoms with Gasteiger partial charge in [-0.3, -0.25) is 0 Å². The highest BCUT2D eigenvalue weighted by Gasteiger charge is 2.24. The molecule has 2 heterocycles. The third-order valence-electron chi connectivity index (χ3n) is 4.01. The predicted octanol–water partition coefficient (Wildman–Crippen LogP) is 3.68. The summed E-state index contributed by atoms with van der Waals surface area (Å²) in [5, 5.41) is 4.05. The number of nitrogens with zero attached hydrogens (tertiary/aromatic N) is 2. The SMILES string of the molecule is COc1ccccc1N1CC[C@H](CNc2ccc(Cl)cn2)C1. The van der Waals surface area contributed by atoms with Crippen LogP contribution in [-0.4, -0.2) is 31.7 Å². The van der Waals surface area contributed by atoms with Gasteiger partial charge in [-0.1, -0.05) is 23.7 Å². The van der Waals surface area contributed by atoms with E-state index in [1.807, 2.05) is 24.3 Å². The highest BCUT2D eigenvalue weighted by molar-refractivity contribution is 6.30. The molecule has 1 aromatic heterocycles. The number of methoxy groups -OCH3 is 1. The van der Waals surface area contributed by atoms with E-state index in [9.17, 15) is 0 Å². The molecule has 1 aromatic carbocycles. The Morgan fingerprint density at radius 1 is 1.32 bits per heavy atom. The lowest BCUT2D eigenvalue weighted by Gasteiger charge is -2.21. The van der Waals surface area contributed by atoms with Crippen molar-refractivity contribution in [2.24, 2.45) is 5.92 Å². The zero-order valence-corrected chi connectivity index (χ0v) is 13.4. The van der Waals surface area contributed by atoms with E-state index < -0.39 is 0 Å². The van der Waals surface area contributed by atoms with Gasteiger partial charge in [0.05, 0.1) is 17.8 Å². The normalized spacial score (nSPS) is 17.5. The summed E-state index contributed by atoms with van der Waals surface area (Å²) in [7, 11) is 1.72. The van der Waals surface area contributed by atoms with E-state index in [1.165, 1.54) is 12.1 Å². The fraction of sp³-hybridized carbons (Fsp3) is 0.353. The van der Waals surface area contributed by atoms with Crippen LogP contribution >= 0.6 is 11.6 Å². The molecule has 0 saturated carbocycles. The molecule has 0 spiro atoms. The van der Waals surface area contributed by atoms with Crippen molar-refractivity contribution in [2.45, 2.75) is 6.42 Å². The Morgan fingerprint density at radius 3 is 2.95 bits per heavy atom. The molecule has 0 aliphatic carbocycles. The van der Waals surface area contributed by atoms with Crippen molar-refractivity contribution in [3.63, 3.8) is 0 Å². The highest BCUT2D eigenvalue weighted by Crippen LogP contribution is 2.31. The van der Waals surface area contributed by atoms with Crippen molar-refractivity contribution in [3.8, 4) is 5.75 Å². The van der Waals surface area contributed by atoms with Crippen LogP contribution in [0.4, 0.5) is 11.5 Å². The van der Waals surface area contributed by atoms with Crippen molar-refractivity contribution < 1.29 is 4.74 Å². The van der Waals surface area contributed by atoms with Crippen molar-refractivity contribution in [3.05, 3.63) is 47.6 Å². The Labute approximate surface area is 136 Å². The summed E-state index contributed by atoms with van der Waals surface area (Å²) in [5.74, 6) is 2.41. The molecule has 3 rings (SSSR count). The quantitative estimate of drug-likeness (QED) is 0.912. The van der Waals surface area contributed by atoms with Gasteiger partial charge in [-0.05, 0) is 36.6 Å². The molecule has 0 amide bonds. The molecule has 1 N–H and O–H groups in total. The highest BCUT2D eigenvalue weighted by atomic mass is 35.5. The number of anilines is 2. The number of hydrogen-bond donors (Lipinski definition) is 1. The van der Waals surface area contributed by atoms with Gasteiger partial charge in [-0.15, -0.1) is 0 Å². The number of ether oxygens (including phenoxy) is 1. The average molecular weight is 318 g/mol.